The van der Waals surface area contributed by atoms with Crippen molar-refractivity contribution in [1.29, 1.82) is 0 Å². The van der Waals surface area contributed by atoms with Crippen molar-refractivity contribution in [3.05, 3.63) is 155 Å². The maximum atomic E-state index is 15.3. The minimum atomic E-state index is -1.77. The molecule has 6 N–H and O–H groups in total. The molecular weight excluding hydrogens is 741 g/mol. The van der Waals surface area contributed by atoms with E-state index in [-0.39, 0.29) is 12.3 Å². The van der Waals surface area contributed by atoms with Crippen LogP contribution < -0.4 is 21.7 Å². The van der Waals surface area contributed by atoms with Gasteiger partial charge in [0.05, 0.1) is 34.8 Å². The van der Waals surface area contributed by atoms with Gasteiger partial charge >= 0.3 is 12.0 Å². The number of aromatic hydroxyl groups is 1. The molecule has 57 heavy (non-hydrogen) atoms. The normalized spacial score (nSPS) is 23.5. The molecule has 0 unspecified atom stereocenters. The number of amides is 4. The van der Waals surface area contributed by atoms with Crippen molar-refractivity contribution in [3.8, 4) is 17.6 Å². The summed E-state index contributed by atoms with van der Waals surface area (Å²) in [5.41, 5.74) is 7.69. The highest BCUT2D eigenvalue weighted by Gasteiger charge is 2.74. The Bertz CT molecular complexity index is 2590. The van der Waals surface area contributed by atoms with E-state index in [1.165, 1.54) is 23.5 Å². The number of ether oxygens (including phenoxy) is 1. The molecule has 0 bridgehead atoms. The van der Waals surface area contributed by atoms with Gasteiger partial charge < -0.3 is 31.5 Å². The summed E-state index contributed by atoms with van der Waals surface area (Å²) in [4.78, 5) is 63.5. The number of phenolic OH excluding ortho intramolecular Hbond substituents is 1. The number of hydrogen-bond donors (Lipinski definition) is 5. The first kappa shape index (κ1) is 35.7. The van der Waals surface area contributed by atoms with Crippen molar-refractivity contribution in [3.63, 3.8) is 0 Å². The van der Waals surface area contributed by atoms with Crippen LogP contribution in [0.2, 0.25) is 0 Å². The molecule has 4 amide bonds. The van der Waals surface area contributed by atoms with E-state index in [2.05, 4.69) is 32.8 Å². The van der Waals surface area contributed by atoms with E-state index in [0.29, 0.717) is 33.0 Å². The van der Waals surface area contributed by atoms with E-state index < -0.39 is 59.4 Å². The Morgan fingerprint density at radius 2 is 1.58 bits per heavy atom. The summed E-state index contributed by atoms with van der Waals surface area (Å²) in [6.45, 7) is -0.0145. The third kappa shape index (κ3) is 6.03. The number of fused-ring (bicyclic) bond motifs is 4. The van der Waals surface area contributed by atoms with Crippen LogP contribution in [0.3, 0.4) is 0 Å². The molecular formula is C44H34N6O6S. The number of esters is 1. The molecule has 0 aliphatic carbocycles. The zero-order valence-corrected chi connectivity index (χ0v) is 30.9. The number of thiazole rings is 1. The number of urea groups is 1. The van der Waals surface area contributed by atoms with E-state index >= 15 is 9.59 Å². The Hall–Kier alpha value is -7.01. The number of nitrogens with two attached hydrogens (primary N) is 1. The van der Waals surface area contributed by atoms with Crippen LogP contribution in [0.25, 0.3) is 10.2 Å². The number of morpholine rings is 1. The maximum Gasteiger partial charge on any atom is 0.324 e. The van der Waals surface area contributed by atoms with Crippen molar-refractivity contribution in [1.82, 2.24) is 15.2 Å². The number of carbonyl (C=O) groups excluding carboxylic acids is 4. The van der Waals surface area contributed by atoms with Gasteiger partial charge in [0.2, 0.25) is 11.8 Å². The average molecular weight is 775 g/mol. The molecule has 12 nitrogen and oxygen atoms in total. The van der Waals surface area contributed by atoms with E-state index in [1.807, 2.05) is 89.8 Å². The van der Waals surface area contributed by atoms with Gasteiger partial charge in [0.15, 0.2) is 5.13 Å². The molecule has 3 aliphatic rings. The van der Waals surface area contributed by atoms with Gasteiger partial charge in [-0.25, -0.2) is 9.78 Å². The SMILES string of the molecule is NC(=O)NCC#Cc1ccc2c(c1)[C@]1(C(=O)N2)[C@H](c2ccc(O)cc2)N2[C@H](c3ccccc3)[C@H](c3ccccc3)OC(=O)[C@H]2[C@@H]1C(=O)Nc1nc2ccccc2s1. The van der Waals surface area contributed by atoms with Crippen molar-refractivity contribution in [2.45, 2.75) is 29.6 Å². The smallest absolute Gasteiger partial charge is 0.324 e. The minimum Gasteiger partial charge on any atom is -0.508 e. The lowest BCUT2D eigenvalue weighted by atomic mass is 9.65. The molecule has 1 aromatic heterocycles. The van der Waals surface area contributed by atoms with E-state index in [0.717, 1.165) is 15.8 Å². The molecule has 13 heteroatoms. The van der Waals surface area contributed by atoms with Crippen LogP contribution in [0.5, 0.6) is 5.75 Å². The third-order valence-corrected chi connectivity index (χ3v) is 11.9. The fourth-order valence-corrected chi connectivity index (χ4v) is 9.58. The lowest BCUT2D eigenvalue weighted by Gasteiger charge is -2.46. The van der Waals surface area contributed by atoms with Gasteiger partial charge in [-0.15, -0.1) is 0 Å². The highest BCUT2D eigenvalue weighted by atomic mass is 32.1. The Balaban J connectivity index is 1.31. The number of nitrogens with one attached hydrogen (secondary N) is 3. The number of nitrogens with zero attached hydrogens (tertiary/aromatic N) is 2. The zero-order chi connectivity index (χ0) is 39.3. The molecule has 9 rings (SSSR count). The van der Waals surface area contributed by atoms with Crippen LogP contribution in [0, 0.1) is 17.8 Å². The van der Waals surface area contributed by atoms with Crippen molar-refractivity contribution >= 4 is 56.2 Å². The van der Waals surface area contributed by atoms with Crippen molar-refractivity contribution in [2.24, 2.45) is 11.7 Å². The van der Waals surface area contributed by atoms with E-state index in [9.17, 15) is 14.7 Å². The lowest BCUT2D eigenvalue weighted by Crippen LogP contribution is -2.53. The molecule has 6 aromatic rings. The van der Waals surface area contributed by atoms with E-state index in [4.69, 9.17) is 10.5 Å². The summed E-state index contributed by atoms with van der Waals surface area (Å²) in [6.07, 6.45) is -0.834. The average Bonchev–Trinajstić information content (AvgIpc) is 3.87. The summed E-state index contributed by atoms with van der Waals surface area (Å²) >= 11 is 1.28. The number of hydrogen-bond acceptors (Lipinski definition) is 9. The Labute approximate surface area is 330 Å². The predicted octanol–water partition coefficient (Wildman–Crippen LogP) is 5.93. The molecule has 5 aromatic carbocycles. The Kier molecular flexibility index (Phi) is 8.92. The molecule has 2 fully saturated rings. The largest absolute Gasteiger partial charge is 0.508 e. The maximum absolute atomic E-state index is 15.3. The number of anilines is 2. The van der Waals surface area contributed by atoms with Gasteiger partial charge in [-0.2, -0.15) is 0 Å². The molecule has 4 heterocycles. The fourth-order valence-electron chi connectivity index (χ4n) is 8.71. The van der Waals surface area contributed by atoms with Gasteiger partial charge in [0, 0.05) is 11.3 Å². The first-order valence-electron chi connectivity index (χ1n) is 18.3. The van der Waals surface area contributed by atoms with Crippen molar-refractivity contribution < 1.29 is 29.0 Å². The number of para-hydroxylation sites is 1. The number of aromatic nitrogens is 1. The number of cyclic esters (lactones) is 1. The standard InChI is InChI=1S/C44H34N6O6S/c45-42(55)46-23-9-10-25-17-22-31-30(24-25)44(41(54)47-31)34(39(52)49-43-48-32-15-7-8-16-33(32)57-43)36-40(53)56-37(27-13-5-2-6-14-27)35(26-11-3-1-4-12-26)50(36)38(44)28-18-20-29(51)21-19-28/h1-8,11-22,24,34-38,51H,23H2,(H,47,54)(H3,45,46,55)(H,48,49,52)/t34-,35-,36-,37+,38+,44-/m1/s1. The molecule has 0 saturated carbocycles. The molecule has 1 spiro atoms. The molecule has 6 atom stereocenters. The summed E-state index contributed by atoms with van der Waals surface area (Å²) in [7, 11) is 0. The summed E-state index contributed by atoms with van der Waals surface area (Å²) in [5, 5.41) is 19.3. The van der Waals surface area contributed by atoms with Crippen LogP contribution in [0.4, 0.5) is 15.6 Å². The zero-order valence-electron chi connectivity index (χ0n) is 30.1. The second-order valence-electron chi connectivity index (χ2n) is 14.1. The van der Waals surface area contributed by atoms with E-state index in [1.54, 1.807) is 30.3 Å². The highest BCUT2D eigenvalue weighted by Crippen LogP contribution is 2.65. The Morgan fingerprint density at radius 3 is 2.30 bits per heavy atom. The van der Waals surface area contributed by atoms with Gasteiger partial charge in [0.25, 0.3) is 0 Å². The van der Waals surface area contributed by atoms with Crippen LogP contribution in [0.15, 0.2) is 127 Å². The molecule has 282 valence electrons. The van der Waals surface area contributed by atoms with Crippen molar-refractivity contribution in [2.75, 3.05) is 17.2 Å². The van der Waals surface area contributed by atoms with Gasteiger partial charge in [-0.3, -0.25) is 19.3 Å². The van der Waals surface area contributed by atoms with Crippen LogP contribution in [-0.4, -0.2) is 51.4 Å². The summed E-state index contributed by atoms with van der Waals surface area (Å²) in [5.74, 6) is 2.79. The van der Waals surface area contributed by atoms with Crippen LogP contribution in [-0.2, 0) is 24.5 Å². The second-order valence-corrected chi connectivity index (χ2v) is 15.1. The number of carbonyl (C=O) groups is 4. The number of rotatable bonds is 6. The molecule has 0 radical (unpaired) electrons. The number of benzene rings is 5. The van der Waals surface area contributed by atoms with Gasteiger partial charge in [-0.1, -0.05) is 108 Å². The fraction of sp³-hybridized carbons (Fsp3) is 0.159. The topological polar surface area (TPSA) is 176 Å². The minimum absolute atomic E-state index is 0.00528. The first-order valence-corrected chi connectivity index (χ1v) is 19.1. The monoisotopic (exact) mass is 774 g/mol. The number of primary amides is 1. The van der Waals surface area contributed by atoms with Gasteiger partial charge in [0.1, 0.15) is 23.3 Å². The Morgan fingerprint density at radius 1 is 0.877 bits per heavy atom. The van der Waals surface area contributed by atoms with Gasteiger partial charge in [-0.05, 0) is 64.7 Å². The van der Waals surface area contributed by atoms with Crippen LogP contribution in [0.1, 0.15) is 46.0 Å². The second kappa shape index (κ2) is 14.2. The first-order chi connectivity index (χ1) is 27.7. The summed E-state index contributed by atoms with van der Waals surface area (Å²) in [6, 6.07) is 34.5. The number of phenols is 1. The third-order valence-electron chi connectivity index (χ3n) is 10.9. The molecule has 2 saturated heterocycles. The molecule has 3 aliphatic heterocycles. The van der Waals surface area contributed by atoms with Crippen LogP contribution >= 0.6 is 11.3 Å². The predicted molar refractivity (Wildman–Crippen MR) is 214 cm³/mol. The highest BCUT2D eigenvalue weighted by molar-refractivity contribution is 7.22. The quantitative estimate of drug-likeness (QED) is 0.102. The summed E-state index contributed by atoms with van der Waals surface area (Å²) < 4.78 is 7.31. The lowest BCUT2D eigenvalue weighted by molar-refractivity contribution is -0.177.